The number of thiophene rings is 1. The van der Waals surface area contributed by atoms with Gasteiger partial charge in [0.2, 0.25) is 5.91 Å². The maximum Gasteiger partial charge on any atom is 0.225 e. The number of carbonyl (C=O) groups is 1. The summed E-state index contributed by atoms with van der Waals surface area (Å²) in [5.74, 6) is 1.50. The molecule has 1 amide bonds. The molecule has 2 heterocycles. The van der Waals surface area contributed by atoms with E-state index in [4.69, 9.17) is 9.47 Å². The number of fused-ring (bicyclic) bond motifs is 1. The highest BCUT2D eigenvalue weighted by Gasteiger charge is 2.20. The van der Waals surface area contributed by atoms with E-state index in [-0.39, 0.29) is 12.0 Å². The molecule has 0 aliphatic carbocycles. The highest BCUT2D eigenvalue weighted by atomic mass is 32.1. The van der Waals surface area contributed by atoms with Crippen molar-refractivity contribution >= 4 is 17.2 Å². The fourth-order valence-corrected chi connectivity index (χ4v) is 2.73. The van der Waals surface area contributed by atoms with Crippen LogP contribution in [0.1, 0.15) is 4.88 Å². The van der Waals surface area contributed by atoms with Crippen LogP contribution in [-0.4, -0.2) is 25.2 Å². The van der Waals surface area contributed by atoms with Crippen molar-refractivity contribution in [2.45, 2.75) is 12.5 Å². The quantitative estimate of drug-likeness (QED) is 0.939. The number of hydrogen-bond donors (Lipinski definition) is 1. The molecule has 5 heteroatoms. The van der Waals surface area contributed by atoms with E-state index in [0.717, 1.165) is 16.4 Å². The monoisotopic (exact) mass is 289 g/mol. The van der Waals surface area contributed by atoms with E-state index in [2.05, 4.69) is 5.32 Å². The number of nitrogens with one attached hydrogen (secondary N) is 1. The molecule has 0 radical (unpaired) electrons. The van der Waals surface area contributed by atoms with Crippen molar-refractivity contribution in [2.75, 3.05) is 13.2 Å². The van der Waals surface area contributed by atoms with Gasteiger partial charge in [-0.25, -0.2) is 0 Å². The fourth-order valence-electron chi connectivity index (χ4n) is 2.03. The highest BCUT2D eigenvalue weighted by molar-refractivity contribution is 7.10. The lowest BCUT2D eigenvalue weighted by Gasteiger charge is -2.26. The number of rotatable bonds is 4. The van der Waals surface area contributed by atoms with Gasteiger partial charge in [0.05, 0.1) is 13.0 Å². The Morgan fingerprint density at radius 3 is 2.90 bits per heavy atom. The number of para-hydroxylation sites is 2. The van der Waals surface area contributed by atoms with Gasteiger partial charge in [-0.05, 0) is 23.6 Å². The molecule has 0 unspecified atom stereocenters. The maximum absolute atomic E-state index is 11.8. The molecule has 1 aromatic heterocycles. The van der Waals surface area contributed by atoms with Gasteiger partial charge in [-0.3, -0.25) is 4.79 Å². The molecule has 2 aromatic rings. The third-order valence-electron chi connectivity index (χ3n) is 3.01. The minimum atomic E-state index is -0.141. The van der Waals surface area contributed by atoms with Crippen molar-refractivity contribution in [3.8, 4) is 11.5 Å². The van der Waals surface area contributed by atoms with E-state index in [9.17, 15) is 4.79 Å². The minimum Gasteiger partial charge on any atom is -0.486 e. The Balaban J connectivity index is 1.49. The van der Waals surface area contributed by atoms with Gasteiger partial charge < -0.3 is 14.8 Å². The molecule has 0 spiro atoms. The summed E-state index contributed by atoms with van der Waals surface area (Å²) in [7, 11) is 0. The van der Waals surface area contributed by atoms with Crippen molar-refractivity contribution in [3.63, 3.8) is 0 Å². The molecule has 20 heavy (non-hydrogen) atoms. The van der Waals surface area contributed by atoms with Crippen LogP contribution in [0, 0.1) is 0 Å². The molecule has 0 bridgehead atoms. The lowest BCUT2D eigenvalue weighted by molar-refractivity contribution is -0.120. The molecule has 1 aliphatic rings. The Morgan fingerprint density at radius 2 is 2.10 bits per heavy atom. The predicted molar refractivity (Wildman–Crippen MR) is 77.4 cm³/mol. The summed E-state index contributed by atoms with van der Waals surface area (Å²) in [4.78, 5) is 12.9. The lowest BCUT2D eigenvalue weighted by Crippen LogP contribution is -2.41. The molecule has 0 saturated carbocycles. The number of benzene rings is 1. The molecule has 104 valence electrons. The van der Waals surface area contributed by atoms with Crippen LogP contribution in [0.2, 0.25) is 0 Å². The molecular weight excluding hydrogens is 274 g/mol. The van der Waals surface area contributed by atoms with Crippen molar-refractivity contribution in [1.82, 2.24) is 5.32 Å². The summed E-state index contributed by atoms with van der Waals surface area (Å²) in [5, 5.41) is 4.85. The van der Waals surface area contributed by atoms with Crippen LogP contribution in [0.15, 0.2) is 41.8 Å². The van der Waals surface area contributed by atoms with Gasteiger partial charge >= 0.3 is 0 Å². The number of carbonyl (C=O) groups excluding carboxylic acids is 1. The topological polar surface area (TPSA) is 47.6 Å². The van der Waals surface area contributed by atoms with Crippen molar-refractivity contribution in [3.05, 3.63) is 46.7 Å². The maximum atomic E-state index is 11.8. The Bertz CT molecular complexity index is 583. The average Bonchev–Trinajstić information content (AvgIpc) is 2.98. The van der Waals surface area contributed by atoms with Gasteiger partial charge in [-0.15, -0.1) is 11.3 Å². The summed E-state index contributed by atoms with van der Waals surface area (Å²) in [6.45, 7) is 0.912. The standard InChI is InChI=1S/C15H15NO3S/c17-15(8-12-4-3-7-20-12)16-9-11-10-18-13-5-1-2-6-14(13)19-11/h1-7,11H,8-10H2,(H,16,17)/t11-/m1/s1. The van der Waals surface area contributed by atoms with Crippen LogP contribution < -0.4 is 14.8 Å². The average molecular weight is 289 g/mol. The molecule has 1 N–H and O–H groups in total. The smallest absolute Gasteiger partial charge is 0.225 e. The van der Waals surface area contributed by atoms with Crippen LogP contribution in [0.3, 0.4) is 0 Å². The van der Waals surface area contributed by atoms with Gasteiger partial charge in [0.1, 0.15) is 12.7 Å². The molecule has 4 nitrogen and oxygen atoms in total. The Morgan fingerprint density at radius 1 is 1.25 bits per heavy atom. The van der Waals surface area contributed by atoms with Crippen molar-refractivity contribution < 1.29 is 14.3 Å². The molecule has 1 atom stereocenters. The van der Waals surface area contributed by atoms with Gasteiger partial charge in [0.15, 0.2) is 11.5 Å². The fraction of sp³-hybridized carbons (Fsp3) is 0.267. The predicted octanol–water partition coefficient (Wildman–Crippen LogP) is 2.25. The zero-order valence-corrected chi connectivity index (χ0v) is 11.7. The third kappa shape index (κ3) is 3.11. The first-order chi connectivity index (χ1) is 9.81. The summed E-state index contributed by atoms with van der Waals surface area (Å²) >= 11 is 1.59. The second kappa shape index (κ2) is 5.96. The third-order valence-corrected chi connectivity index (χ3v) is 3.89. The zero-order chi connectivity index (χ0) is 13.8. The molecule has 0 saturated heterocycles. The zero-order valence-electron chi connectivity index (χ0n) is 10.9. The second-order valence-electron chi connectivity index (χ2n) is 4.56. The van der Waals surface area contributed by atoms with Gasteiger partial charge in [-0.1, -0.05) is 18.2 Å². The van der Waals surface area contributed by atoms with E-state index < -0.39 is 0 Å². The summed E-state index contributed by atoms with van der Waals surface area (Å²) in [6.07, 6.45) is 0.277. The molecule has 0 fully saturated rings. The van der Waals surface area contributed by atoms with Crippen LogP contribution in [-0.2, 0) is 11.2 Å². The lowest BCUT2D eigenvalue weighted by atomic mass is 10.2. The molecule has 1 aliphatic heterocycles. The largest absolute Gasteiger partial charge is 0.486 e. The molecule has 3 rings (SSSR count). The van der Waals surface area contributed by atoms with E-state index in [1.807, 2.05) is 41.8 Å². The first-order valence-corrected chi connectivity index (χ1v) is 7.37. The van der Waals surface area contributed by atoms with E-state index >= 15 is 0 Å². The first kappa shape index (κ1) is 13.0. The van der Waals surface area contributed by atoms with Crippen LogP contribution >= 0.6 is 11.3 Å². The van der Waals surface area contributed by atoms with Crippen LogP contribution in [0.5, 0.6) is 11.5 Å². The Kier molecular flexibility index (Phi) is 3.87. The number of hydrogen-bond acceptors (Lipinski definition) is 4. The Labute approximate surface area is 121 Å². The van der Waals surface area contributed by atoms with Gasteiger partial charge in [0.25, 0.3) is 0 Å². The van der Waals surface area contributed by atoms with Crippen molar-refractivity contribution in [1.29, 1.82) is 0 Å². The summed E-state index contributed by atoms with van der Waals surface area (Å²) in [5.41, 5.74) is 0. The van der Waals surface area contributed by atoms with E-state index in [0.29, 0.717) is 19.6 Å². The first-order valence-electron chi connectivity index (χ1n) is 6.49. The van der Waals surface area contributed by atoms with Gasteiger partial charge in [-0.2, -0.15) is 0 Å². The summed E-state index contributed by atoms with van der Waals surface area (Å²) in [6, 6.07) is 11.5. The second-order valence-corrected chi connectivity index (χ2v) is 5.59. The number of amides is 1. The SMILES string of the molecule is O=C(Cc1cccs1)NC[C@@H]1COc2ccccc2O1. The van der Waals surface area contributed by atoms with E-state index in [1.54, 1.807) is 11.3 Å². The highest BCUT2D eigenvalue weighted by Crippen LogP contribution is 2.30. The molecule has 1 aromatic carbocycles. The minimum absolute atomic E-state index is 0.00917. The summed E-state index contributed by atoms with van der Waals surface area (Å²) < 4.78 is 11.4. The van der Waals surface area contributed by atoms with Crippen LogP contribution in [0.4, 0.5) is 0 Å². The van der Waals surface area contributed by atoms with Crippen molar-refractivity contribution in [2.24, 2.45) is 0 Å². The van der Waals surface area contributed by atoms with E-state index in [1.165, 1.54) is 0 Å². The normalized spacial score (nSPS) is 16.7. The van der Waals surface area contributed by atoms with Crippen LogP contribution in [0.25, 0.3) is 0 Å². The van der Waals surface area contributed by atoms with Gasteiger partial charge in [0, 0.05) is 4.88 Å². The molecular formula is C15H15NO3S. The number of ether oxygens (including phenoxy) is 2. The Hall–Kier alpha value is -2.01.